The molecule has 162 valence electrons. The Labute approximate surface area is 191 Å². The average molecular weight is 459 g/mol. The normalized spacial score (nSPS) is 9.42. The quantitative estimate of drug-likeness (QED) is 0.366. The van der Waals surface area contributed by atoms with Gasteiger partial charge in [0, 0.05) is 0 Å². The Bertz CT molecular complexity index is 1000. The van der Waals surface area contributed by atoms with Crippen LogP contribution in [-0.4, -0.2) is 38.6 Å². The number of hydrogen-bond donors (Lipinski definition) is 1. The second-order valence-electron chi connectivity index (χ2n) is 5.68. The predicted molar refractivity (Wildman–Crippen MR) is 128 cm³/mol. The number of nitrogens with one attached hydrogen (secondary N) is 1. The molecule has 0 aliphatic rings. The van der Waals surface area contributed by atoms with Crippen LogP contribution in [0.3, 0.4) is 0 Å². The van der Waals surface area contributed by atoms with Gasteiger partial charge in [0.1, 0.15) is 33.7 Å². The third-order valence-corrected chi connectivity index (χ3v) is 4.37. The molecule has 0 saturated heterocycles. The van der Waals surface area contributed by atoms with E-state index in [4.69, 9.17) is 35.6 Å². The molecule has 0 aliphatic heterocycles. The number of ether oxygens (including phenoxy) is 4. The van der Waals surface area contributed by atoms with Crippen LogP contribution < -0.4 is 24.3 Å². The number of para-hydroxylation sites is 2. The summed E-state index contributed by atoms with van der Waals surface area (Å²) in [5.41, 5.74) is 1.26. The lowest BCUT2D eigenvalue weighted by molar-refractivity contribution is 0.397. The van der Waals surface area contributed by atoms with Crippen LogP contribution in [0.1, 0.15) is 5.76 Å². The van der Waals surface area contributed by atoms with E-state index in [0.29, 0.717) is 45.1 Å². The molecule has 9 heteroatoms. The third-order valence-electron chi connectivity index (χ3n) is 3.97. The smallest absolute Gasteiger partial charge is 0.161 e. The van der Waals surface area contributed by atoms with Gasteiger partial charge in [-0.2, -0.15) is 4.99 Å². The Kier molecular flexibility index (Phi) is 9.51. The van der Waals surface area contributed by atoms with Gasteiger partial charge >= 0.3 is 0 Å². The Balaban J connectivity index is 0.000000233. The van der Waals surface area contributed by atoms with Crippen molar-refractivity contribution in [3.63, 3.8) is 0 Å². The van der Waals surface area contributed by atoms with E-state index >= 15 is 0 Å². The second-order valence-corrected chi connectivity index (χ2v) is 6.27. The molecular formula is C22H22N2O5S2. The summed E-state index contributed by atoms with van der Waals surface area (Å²) in [4.78, 5) is 4.34. The second kappa shape index (κ2) is 12.3. The first-order valence-electron chi connectivity index (χ1n) is 8.94. The number of rotatable bonds is 7. The first-order chi connectivity index (χ1) is 15.1. The van der Waals surface area contributed by atoms with Crippen LogP contribution in [0.25, 0.3) is 0 Å². The van der Waals surface area contributed by atoms with Crippen molar-refractivity contribution in [3.8, 4) is 23.0 Å². The summed E-state index contributed by atoms with van der Waals surface area (Å²) in [6.45, 7) is 0. The Hall–Kier alpha value is -3.39. The minimum Gasteiger partial charge on any atom is -0.494 e. The highest BCUT2D eigenvalue weighted by Gasteiger charge is 2.13. The molecule has 0 saturated carbocycles. The van der Waals surface area contributed by atoms with E-state index in [1.54, 1.807) is 59.0 Å². The molecule has 0 aliphatic carbocycles. The molecule has 31 heavy (non-hydrogen) atoms. The lowest BCUT2D eigenvalue weighted by Crippen LogP contribution is -2.11. The maximum Gasteiger partial charge on any atom is 0.161 e. The summed E-state index contributed by atoms with van der Waals surface area (Å²) in [5.74, 6) is 3.15. The number of hydrogen-bond acceptors (Lipinski definition) is 8. The van der Waals surface area contributed by atoms with Crippen molar-refractivity contribution in [2.24, 2.45) is 4.99 Å². The highest BCUT2D eigenvalue weighted by atomic mass is 32.1. The molecule has 0 unspecified atom stereocenters. The van der Waals surface area contributed by atoms with Crippen molar-refractivity contribution < 1.29 is 23.4 Å². The maximum atomic E-state index is 5.27. The summed E-state index contributed by atoms with van der Waals surface area (Å²) in [5, 5.41) is 5.35. The zero-order chi connectivity index (χ0) is 22.6. The van der Waals surface area contributed by atoms with Gasteiger partial charge in [0.15, 0.2) is 11.4 Å². The number of benzene rings is 2. The highest BCUT2D eigenvalue weighted by molar-refractivity contribution is 7.81. The Morgan fingerprint density at radius 3 is 1.77 bits per heavy atom. The number of furan rings is 1. The standard InChI is InChI=1S/C13H13NO3S.C9H9NO2S/c1-15-9-5-3-6-10(16-2)12(9)14-13(18)11-7-4-8-17-11;1-11-7-4-3-5-8(12-2)9(7)10-6-13/h3-8H,1-2H3,(H,14,18);3-5H,1-2H3. The van der Waals surface area contributed by atoms with Crippen LogP contribution in [0.15, 0.2) is 64.2 Å². The number of methoxy groups -OCH3 is 4. The van der Waals surface area contributed by atoms with Gasteiger partial charge in [0.05, 0.1) is 39.9 Å². The molecule has 0 bridgehead atoms. The number of aliphatic imine (C=N–C) groups is 1. The first-order valence-corrected chi connectivity index (χ1v) is 9.75. The van der Waals surface area contributed by atoms with Gasteiger partial charge in [-0.3, -0.25) is 0 Å². The third kappa shape index (κ3) is 6.29. The molecule has 7 nitrogen and oxygen atoms in total. The van der Waals surface area contributed by atoms with E-state index in [0.717, 1.165) is 0 Å². The average Bonchev–Trinajstić information content (AvgIpc) is 3.35. The fourth-order valence-corrected chi connectivity index (χ4v) is 2.85. The van der Waals surface area contributed by atoms with E-state index in [1.165, 1.54) is 0 Å². The monoisotopic (exact) mass is 458 g/mol. The first kappa shape index (κ1) is 23.9. The van der Waals surface area contributed by atoms with Crippen LogP contribution in [-0.2, 0) is 0 Å². The van der Waals surface area contributed by atoms with Gasteiger partial charge in [-0.15, -0.1) is 0 Å². The van der Waals surface area contributed by atoms with Crippen LogP contribution >= 0.6 is 24.4 Å². The molecule has 0 atom stereocenters. The summed E-state index contributed by atoms with van der Waals surface area (Å²) in [7, 11) is 6.32. The molecule has 3 rings (SSSR count). The molecule has 0 amide bonds. The lowest BCUT2D eigenvalue weighted by atomic mass is 10.2. The summed E-state index contributed by atoms with van der Waals surface area (Å²) in [6, 6.07) is 14.5. The van der Waals surface area contributed by atoms with Gasteiger partial charge in [-0.05, 0) is 48.6 Å². The van der Waals surface area contributed by atoms with Crippen LogP contribution in [0.5, 0.6) is 23.0 Å². The molecule has 0 fully saturated rings. The fourth-order valence-electron chi connectivity index (χ4n) is 2.54. The zero-order valence-corrected chi connectivity index (χ0v) is 19.1. The van der Waals surface area contributed by atoms with Gasteiger partial charge < -0.3 is 28.7 Å². The number of nitrogens with zero attached hydrogens (tertiary/aromatic N) is 1. The van der Waals surface area contributed by atoms with E-state index in [9.17, 15) is 0 Å². The van der Waals surface area contributed by atoms with Gasteiger partial charge in [-0.1, -0.05) is 24.4 Å². The van der Waals surface area contributed by atoms with Gasteiger partial charge in [-0.25, -0.2) is 0 Å². The number of thiocarbonyl (C=S) groups is 2. The lowest BCUT2D eigenvalue weighted by Gasteiger charge is -2.14. The van der Waals surface area contributed by atoms with Gasteiger partial charge in [0.2, 0.25) is 0 Å². The van der Waals surface area contributed by atoms with Crippen molar-refractivity contribution in [3.05, 3.63) is 60.6 Å². The van der Waals surface area contributed by atoms with Crippen molar-refractivity contribution in [1.82, 2.24) is 0 Å². The van der Waals surface area contributed by atoms with Gasteiger partial charge in [0.25, 0.3) is 0 Å². The summed E-state index contributed by atoms with van der Waals surface area (Å²) < 4.78 is 25.9. The topological polar surface area (TPSA) is 74.5 Å². The minimum absolute atomic E-state index is 0.475. The van der Waals surface area contributed by atoms with Crippen LogP contribution in [0.2, 0.25) is 0 Å². The molecule has 1 aromatic heterocycles. The molecule has 1 N–H and O–H groups in total. The van der Waals surface area contributed by atoms with Crippen molar-refractivity contribution in [2.45, 2.75) is 0 Å². The van der Waals surface area contributed by atoms with Crippen LogP contribution in [0.4, 0.5) is 11.4 Å². The zero-order valence-electron chi connectivity index (χ0n) is 17.5. The summed E-state index contributed by atoms with van der Waals surface area (Å²) >= 11 is 9.78. The van der Waals surface area contributed by atoms with E-state index in [1.807, 2.05) is 24.3 Å². The van der Waals surface area contributed by atoms with E-state index in [-0.39, 0.29) is 0 Å². The Morgan fingerprint density at radius 2 is 1.35 bits per heavy atom. The van der Waals surface area contributed by atoms with Crippen LogP contribution in [0, 0.1) is 0 Å². The predicted octanol–water partition coefficient (Wildman–Crippen LogP) is 5.52. The van der Waals surface area contributed by atoms with Crippen molar-refractivity contribution >= 4 is 46.0 Å². The largest absolute Gasteiger partial charge is 0.494 e. The Morgan fingerprint density at radius 1 is 0.839 bits per heavy atom. The number of anilines is 1. The highest BCUT2D eigenvalue weighted by Crippen LogP contribution is 2.36. The number of isothiocyanates is 1. The molecule has 2 aromatic carbocycles. The fraction of sp³-hybridized carbons (Fsp3) is 0.182. The molecule has 3 aromatic rings. The SMILES string of the molecule is COc1cccc(OC)c1N=C=S.COc1cccc(OC)c1NC(=S)c1ccco1. The maximum absolute atomic E-state index is 5.27. The van der Waals surface area contributed by atoms with Crippen molar-refractivity contribution in [2.75, 3.05) is 33.8 Å². The van der Waals surface area contributed by atoms with Crippen molar-refractivity contribution in [1.29, 1.82) is 0 Å². The minimum atomic E-state index is 0.475. The molecule has 0 spiro atoms. The van der Waals surface area contributed by atoms with E-state index in [2.05, 4.69) is 27.7 Å². The molecular weight excluding hydrogens is 436 g/mol. The molecule has 0 radical (unpaired) electrons. The van der Waals surface area contributed by atoms with E-state index < -0.39 is 0 Å². The molecule has 1 heterocycles. The summed E-state index contributed by atoms with van der Waals surface area (Å²) in [6.07, 6.45) is 1.57.